The summed E-state index contributed by atoms with van der Waals surface area (Å²) in [5.41, 5.74) is 0. The van der Waals surface area contributed by atoms with Gasteiger partial charge in [0, 0.05) is 25.7 Å². The molecule has 0 aliphatic carbocycles. The van der Waals surface area contributed by atoms with Gasteiger partial charge in [-0.25, -0.2) is 9.13 Å². The summed E-state index contributed by atoms with van der Waals surface area (Å²) in [5, 5.41) is 10.6. The first-order chi connectivity index (χ1) is 45.1. The number of hydrogen-bond acceptors (Lipinski definition) is 15. The minimum atomic E-state index is -4.96. The van der Waals surface area contributed by atoms with Gasteiger partial charge in [-0.05, 0) is 49.4 Å². The molecule has 0 fully saturated rings. The Kier molecular flexibility index (Phi) is 63.1. The first-order valence-electron chi connectivity index (χ1n) is 38.7. The molecular weight excluding hydrogens is 1230 g/mol. The van der Waals surface area contributed by atoms with Crippen molar-refractivity contribution in [3.05, 3.63) is 0 Å². The highest BCUT2D eigenvalue weighted by Gasteiger charge is 2.30. The highest BCUT2D eigenvalue weighted by molar-refractivity contribution is 7.47. The Morgan fingerprint density at radius 1 is 0.298 bits per heavy atom. The highest BCUT2D eigenvalue weighted by atomic mass is 31.2. The van der Waals surface area contributed by atoms with E-state index >= 15 is 0 Å². The Morgan fingerprint density at radius 2 is 0.511 bits per heavy atom. The summed E-state index contributed by atoms with van der Waals surface area (Å²) in [6.07, 6.45) is 48.8. The number of unbranched alkanes of at least 4 members (excludes halogenated alkanes) is 37. The van der Waals surface area contributed by atoms with Gasteiger partial charge in [0.25, 0.3) is 0 Å². The van der Waals surface area contributed by atoms with E-state index < -0.39 is 97.5 Å². The largest absolute Gasteiger partial charge is 0.472 e. The van der Waals surface area contributed by atoms with Crippen LogP contribution in [0.15, 0.2) is 0 Å². The van der Waals surface area contributed by atoms with Gasteiger partial charge in [0.2, 0.25) is 0 Å². The van der Waals surface area contributed by atoms with Crippen molar-refractivity contribution in [1.29, 1.82) is 0 Å². The zero-order chi connectivity index (χ0) is 69.6. The summed E-state index contributed by atoms with van der Waals surface area (Å²) >= 11 is 0. The molecule has 0 saturated heterocycles. The zero-order valence-corrected chi connectivity index (χ0v) is 63.4. The maximum atomic E-state index is 13.1. The number of rotatable bonds is 72. The molecule has 0 aromatic carbocycles. The molecule has 0 aromatic rings. The smallest absolute Gasteiger partial charge is 0.462 e. The molecule has 0 amide bonds. The van der Waals surface area contributed by atoms with E-state index in [0.717, 1.165) is 120 Å². The summed E-state index contributed by atoms with van der Waals surface area (Å²) in [6.45, 7) is 14.1. The predicted molar refractivity (Wildman–Crippen MR) is 381 cm³/mol. The molecule has 0 heterocycles. The first kappa shape index (κ1) is 92.1. The third-order valence-corrected chi connectivity index (χ3v) is 19.6. The standard InChI is InChI=1S/C75H146O17P2/c1-9-68(8)54-46-38-32-34-40-48-56-73(78)86-62-71(92-75(80)57-49-41-29-25-21-17-13-11-10-12-15-19-23-27-35-43-51-65(2)3)64-90-94(83,84)88-60-69(76)59-87-93(81,82)89-63-70(61-85-72(77)55-47-39-33-31-37-45-53-67(6)7)91-74(79)58-50-42-30-26-22-18-14-16-20-24-28-36-44-52-66(4)5/h65-71,76H,9-64H2,1-8H3,(H,81,82)(H,83,84)/t68?,69-,70+,71+/m0/s1. The summed E-state index contributed by atoms with van der Waals surface area (Å²) in [5.74, 6) is 0.881. The maximum Gasteiger partial charge on any atom is 0.472 e. The Morgan fingerprint density at radius 3 is 0.755 bits per heavy atom. The minimum absolute atomic E-state index is 0.106. The number of phosphoric acid groups is 2. The fraction of sp³-hybridized carbons (Fsp3) is 0.947. The third-order valence-electron chi connectivity index (χ3n) is 17.7. The average molecular weight is 1380 g/mol. The van der Waals surface area contributed by atoms with Crippen LogP contribution in [0, 0.1) is 23.7 Å². The van der Waals surface area contributed by atoms with Crippen molar-refractivity contribution in [2.75, 3.05) is 39.6 Å². The van der Waals surface area contributed by atoms with Crippen molar-refractivity contribution in [3.63, 3.8) is 0 Å². The van der Waals surface area contributed by atoms with E-state index in [1.165, 1.54) is 167 Å². The summed E-state index contributed by atoms with van der Waals surface area (Å²) in [7, 11) is -9.91. The lowest BCUT2D eigenvalue weighted by atomic mass is 10.00. The molecular formula is C75H146O17P2. The van der Waals surface area contributed by atoms with Crippen LogP contribution in [0.2, 0.25) is 0 Å². The van der Waals surface area contributed by atoms with Crippen LogP contribution in [0.25, 0.3) is 0 Å². The van der Waals surface area contributed by atoms with E-state index in [-0.39, 0.29) is 25.7 Å². The second-order valence-electron chi connectivity index (χ2n) is 28.7. The second kappa shape index (κ2) is 64.4. The van der Waals surface area contributed by atoms with Gasteiger partial charge in [-0.15, -0.1) is 0 Å². The topological polar surface area (TPSA) is 237 Å². The average Bonchev–Trinajstić information content (AvgIpc) is 1.56. The van der Waals surface area contributed by atoms with Gasteiger partial charge in [-0.3, -0.25) is 37.3 Å². The molecule has 0 aliphatic rings. The molecule has 0 aromatic heterocycles. The molecule has 0 bridgehead atoms. The summed E-state index contributed by atoms with van der Waals surface area (Å²) in [4.78, 5) is 72.7. The van der Waals surface area contributed by atoms with Crippen LogP contribution >= 0.6 is 15.6 Å². The van der Waals surface area contributed by atoms with Crippen molar-refractivity contribution in [2.45, 2.75) is 395 Å². The van der Waals surface area contributed by atoms with Crippen LogP contribution in [-0.4, -0.2) is 96.7 Å². The van der Waals surface area contributed by atoms with Crippen molar-refractivity contribution in [1.82, 2.24) is 0 Å². The summed E-state index contributed by atoms with van der Waals surface area (Å²) < 4.78 is 68.4. The number of aliphatic hydroxyl groups is 1. The van der Waals surface area contributed by atoms with Crippen LogP contribution in [0.1, 0.15) is 376 Å². The first-order valence-corrected chi connectivity index (χ1v) is 41.7. The highest BCUT2D eigenvalue weighted by Crippen LogP contribution is 2.45. The van der Waals surface area contributed by atoms with Gasteiger partial charge in [-0.2, -0.15) is 0 Å². The summed E-state index contributed by atoms with van der Waals surface area (Å²) in [6, 6.07) is 0. The van der Waals surface area contributed by atoms with Crippen LogP contribution in [-0.2, 0) is 65.4 Å². The molecule has 0 rings (SSSR count). The SMILES string of the molecule is CCC(C)CCCCCCCCC(=O)OC[C@H](COP(=O)(O)OC[C@@H](O)COP(=O)(O)OC[C@@H](COC(=O)CCCCCCCCC(C)C)OC(=O)CCCCCCCCCCCCCCCC(C)C)OC(=O)CCCCCCCCCCCCCCCCCCC(C)C. The second-order valence-corrected chi connectivity index (χ2v) is 31.6. The normalized spacial score (nSPS) is 14.4. The van der Waals surface area contributed by atoms with Crippen molar-refractivity contribution in [3.8, 4) is 0 Å². The van der Waals surface area contributed by atoms with E-state index in [0.29, 0.717) is 31.6 Å². The number of carbonyl (C=O) groups is 4. The van der Waals surface area contributed by atoms with Crippen molar-refractivity contribution < 1.29 is 80.2 Å². The fourth-order valence-electron chi connectivity index (χ4n) is 11.3. The molecule has 558 valence electrons. The lowest BCUT2D eigenvalue weighted by Crippen LogP contribution is -2.30. The number of aliphatic hydroxyl groups excluding tert-OH is 1. The number of phosphoric ester groups is 2. The number of carbonyl (C=O) groups excluding carboxylic acids is 4. The lowest BCUT2D eigenvalue weighted by Gasteiger charge is -2.21. The monoisotopic (exact) mass is 1380 g/mol. The quantitative estimate of drug-likeness (QED) is 0.0222. The molecule has 0 aliphatic heterocycles. The van der Waals surface area contributed by atoms with Gasteiger partial charge in [0.15, 0.2) is 12.2 Å². The Bertz CT molecular complexity index is 1850. The number of ether oxygens (including phenoxy) is 4. The molecule has 3 N–H and O–H groups in total. The van der Waals surface area contributed by atoms with E-state index in [4.69, 9.17) is 37.0 Å². The van der Waals surface area contributed by atoms with Gasteiger partial charge < -0.3 is 33.8 Å². The van der Waals surface area contributed by atoms with E-state index in [2.05, 4.69) is 55.4 Å². The molecule has 6 atom stereocenters. The van der Waals surface area contributed by atoms with E-state index in [1.54, 1.807) is 0 Å². The maximum absolute atomic E-state index is 13.1. The van der Waals surface area contributed by atoms with Crippen LogP contribution in [0.4, 0.5) is 0 Å². The predicted octanol–water partition coefficient (Wildman–Crippen LogP) is 21.7. The molecule has 0 radical (unpaired) electrons. The van der Waals surface area contributed by atoms with Crippen molar-refractivity contribution >= 4 is 39.5 Å². The van der Waals surface area contributed by atoms with Crippen LogP contribution < -0.4 is 0 Å². The molecule has 0 saturated carbocycles. The third kappa shape index (κ3) is 67.3. The molecule has 17 nitrogen and oxygen atoms in total. The number of esters is 4. The Balaban J connectivity index is 5.19. The van der Waals surface area contributed by atoms with E-state index in [1.807, 2.05) is 0 Å². The Labute approximate surface area is 575 Å². The van der Waals surface area contributed by atoms with Gasteiger partial charge in [0.05, 0.1) is 26.4 Å². The molecule has 19 heteroatoms. The number of hydrogen-bond donors (Lipinski definition) is 3. The molecule has 0 spiro atoms. The van der Waals surface area contributed by atoms with Gasteiger partial charge in [0.1, 0.15) is 19.3 Å². The van der Waals surface area contributed by atoms with Crippen molar-refractivity contribution in [2.24, 2.45) is 23.7 Å². The molecule has 3 unspecified atom stereocenters. The van der Waals surface area contributed by atoms with Crippen LogP contribution in [0.5, 0.6) is 0 Å². The van der Waals surface area contributed by atoms with Gasteiger partial charge >= 0.3 is 39.5 Å². The van der Waals surface area contributed by atoms with E-state index in [9.17, 15) is 43.2 Å². The van der Waals surface area contributed by atoms with Gasteiger partial charge in [-0.1, -0.05) is 325 Å². The Hall–Kier alpha value is -1.94. The fourth-order valence-corrected chi connectivity index (χ4v) is 12.9. The van der Waals surface area contributed by atoms with Crippen LogP contribution in [0.3, 0.4) is 0 Å². The zero-order valence-electron chi connectivity index (χ0n) is 61.6. The minimum Gasteiger partial charge on any atom is -0.462 e. The lowest BCUT2D eigenvalue weighted by molar-refractivity contribution is -0.161. The molecule has 94 heavy (non-hydrogen) atoms.